The van der Waals surface area contributed by atoms with Gasteiger partial charge in [0, 0.05) is 12.6 Å². The van der Waals surface area contributed by atoms with E-state index in [1.807, 2.05) is 56.4 Å². The van der Waals surface area contributed by atoms with Gasteiger partial charge in [0.15, 0.2) is 0 Å². The Kier molecular flexibility index (Phi) is 4.46. The number of benzene rings is 2. The van der Waals surface area contributed by atoms with Crippen molar-refractivity contribution in [3.05, 3.63) is 95.1 Å². The fraction of sp³-hybridized carbons (Fsp3) is 0.174. The van der Waals surface area contributed by atoms with Crippen LogP contribution in [-0.4, -0.2) is 9.38 Å². The van der Waals surface area contributed by atoms with Crippen LogP contribution in [0, 0.1) is 13.8 Å². The lowest BCUT2D eigenvalue weighted by Gasteiger charge is -2.12. The van der Waals surface area contributed by atoms with Crippen molar-refractivity contribution in [2.75, 3.05) is 0 Å². The van der Waals surface area contributed by atoms with Gasteiger partial charge in [0.1, 0.15) is 5.82 Å². The number of aryl methyl sites for hydroxylation is 2. The number of aromatic nitrogens is 2. The van der Waals surface area contributed by atoms with Crippen LogP contribution in [0.3, 0.4) is 0 Å². The fourth-order valence-corrected chi connectivity index (χ4v) is 3.51. The van der Waals surface area contributed by atoms with Crippen LogP contribution >= 0.6 is 0 Å². The first-order valence-corrected chi connectivity index (χ1v) is 9.02. The van der Waals surface area contributed by atoms with Gasteiger partial charge in [-0.3, -0.25) is 0 Å². The third kappa shape index (κ3) is 3.40. The average molecular weight is 380 g/mol. The Morgan fingerprint density at radius 3 is 2.39 bits per heavy atom. The molecule has 2 aromatic heterocycles. The molecule has 0 saturated heterocycles. The lowest BCUT2D eigenvalue weighted by molar-refractivity contribution is -0.137. The zero-order chi connectivity index (χ0) is 19.9. The second kappa shape index (κ2) is 6.82. The number of hydrogen-bond donors (Lipinski definition) is 0. The number of imidazole rings is 1. The normalized spacial score (nSPS) is 11.9. The van der Waals surface area contributed by atoms with E-state index in [1.54, 1.807) is 0 Å². The number of hydrogen-bond acceptors (Lipinski definition) is 1. The van der Waals surface area contributed by atoms with Crippen molar-refractivity contribution < 1.29 is 13.2 Å². The third-order valence-electron chi connectivity index (χ3n) is 4.94. The lowest BCUT2D eigenvalue weighted by Crippen LogP contribution is -2.04. The minimum atomic E-state index is -4.33. The fourth-order valence-electron chi connectivity index (χ4n) is 3.51. The topological polar surface area (TPSA) is 17.3 Å². The Labute approximate surface area is 161 Å². The van der Waals surface area contributed by atoms with Gasteiger partial charge < -0.3 is 4.40 Å². The summed E-state index contributed by atoms with van der Waals surface area (Å²) in [6, 6.07) is 17.4. The summed E-state index contributed by atoms with van der Waals surface area (Å²) in [6.45, 7) is 3.96. The summed E-state index contributed by atoms with van der Waals surface area (Å²) in [5.74, 6) is 0.908. The summed E-state index contributed by atoms with van der Waals surface area (Å²) in [7, 11) is 0. The Balaban J connectivity index is 1.77. The lowest BCUT2D eigenvalue weighted by atomic mass is 9.95. The maximum absolute atomic E-state index is 12.9. The number of halogens is 3. The van der Waals surface area contributed by atoms with E-state index in [0.29, 0.717) is 6.42 Å². The highest BCUT2D eigenvalue weighted by molar-refractivity contribution is 5.69. The van der Waals surface area contributed by atoms with E-state index in [0.717, 1.165) is 51.4 Å². The molecule has 4 rings (SSSR count). The van der Waals surface area contributed by atoms with E-state index in [1.165, 1.54) is 12.1 Å². The molecule has 0 atom stereocenters. The highest BCUT2D eigenvalue weighted by Gasteiger charge is 2.30. The second-order valence-electron chi connectivity index (χ2n) is 6.98. The van der Waals surface area contributed by atoms with Gasteiger partial charge in [-0.2, -0.15) is 13.2 Å². The Bertz CT molecular complexity index is 1140. The van der Waals surface area contributed by atoms with Crippen molar-refractivity contribution in [1.82, 2.24) is 9.38 Å². The summed E-state index contributed by atoms with van der Waals surface area (Å²) < 4.78 is 40.7. The summed E-state index contributed by atoms with van der Waals surface area (Å²) in [5, 5.41) is 0. The monoisotopic (exact) mass is 380 g/mol. The van der Waals surface area contributed by atoms with Crippen LogP contribution in [0.4, 0.5) is 13.2 Å². The third-order valence-corrected chi connectivity index (χ3v) is 4.94. The van der Waals surface area contributed by atoms with Gasteiger partial charge in [-0.05, 0) is 54.8 Å². The van der Waals surface area contributed by atoms with Crippen LogP contribution in [0.15, 0.2) is 66.9 Å². The molecular formula is C23H19F3N2. The molecule has 0 aliphatic heterocycles. The molecule has 142 valence electrons. The van der Waals surface area contributed by atoms with Crippen LogP contribution < -0.4 is 0 Å². The smallest absolute Gasteiger partial charge is 0.303 e. The Hall–Kier alpha value is -3.08. The maximum atomic E-state index is 12.9. The molecule has 0 unspecified atom stereocenters. The van der Waals surface area contributed by atoms with Crippen molar-refractivity contribution >= 4 is 5.52 Å². The minimum absolute atomic E-state index is 0.593. The SMILES string of the molecule is Cc1ccc(Cc2nc(C)c3ccccn23)c(-c2ccc(C(F)(F)F)cc2)c1. The van der Waals surface area contributed by atoms with Crippen molar-refractivity contribution in [2.45, 2.75) is 26.4 Å². The van der Waals surface area contributed by atoms with Crippen LogP contribution in [-0.2, 0) is 12.6 Å². The zero-order valence-electron chi connectivity index (χ0n) is 15.6. The summed E-state index contributed by atoms with van der Waals surface area (Å²) in [6.07, 6.45) is -1.76. The van der Waals surface area contributed by atoms with Crippen molar-refractivity contribution in [3.63, 3.8) is 0 Å². The van der Waals surface area contributed by atoms with E-state index in [-0.39, 0.29) is 0 Å². The predicted molar refractivity (Wildman–Crippen MR) is 104 cm³/mol. The predicted octanol–water partition coefficient (Wildman–Crippen LogP) is 6.23. The van der Waals surface area contributed by atoms with Gasteiger partial charge in [-0.1, -0.05) is 42.0 Å². The molecule has 0 radical (unpaired) electrons. The molecule has 28 heavy (non-hydrogen) atoms. The molecule has 0 bridgehead atoms. The molecule has 0 amide bonds. The molecule has 0 saturated carbocycles. The molecule has 0 N–H and O–H groups in total. The molecule has 0 spiro atoms. The molecule has 2 aromatic carbocycles. The summed E-state index contributed by atoms with van der Waals surface area (Å²) in [4.78, 5) is 4.70. The first-order valence-electron chi connectivity index (χ1n) is 9.02. The molecular weight excluding hydrogens is 361 g/mol. The van der Waals surface area contributed by atoms with Crippen LogP contribution in [0.5, 0.6) is 0 Å². The van der Waals surface area contributed by atoms with Crippen molar-refractivity contribution in [1.29, 1.82) is 0 Å². The van der Waals surface area contributed by atoms with Gasteiger partial charge in [0.05, 0.1) is 16.8 Å². The number of nitrogens with zero attached hydrogens (tertiary/aromatic N) is 2. The molecule has 2 nitrogen and oxygen atoms in total. The van der Waals surface area contributed by atoms with Gasteiger partial charge >= 0.3 is 6.18 Å². The number of rotatable bonds is 3. The standard InChI is InChI=1S/C23H19F3N2/c1-15-6-7-18(14-22-27-16(2)21-5-3-4-12-28(21)22)20(13-15)17-8-10-19(11-9-17)23(24,25)26/h3-13H,14H2,1-2H3. The average Bonchev–Trinajstić information content (AvgIpc) is 2.99. The van der Waals surface area contributed by atoms with E-state index >= 15 is 0 Å². The summed E-state index contributed by atoms with van der Waals surface area (Å²) in [5.41, 5.74) is 5.16. The maximum Gasteiger partial charge on any atom is 0.416 e. The highest BCUT2D eigenvalue weighted by atomic mass is 19.4. The summed E-state index contributed by atoms with van der Waals surface area (Å²) >= 11 is 0. The Morgan fingerprint density at radius 2 is 1.68 bits per heavy atom. The zero-order valence-corrected chi connectivity index (χ0v) is 15.6. The van der Waals surface area contributed by atoms with Gasteiger partial charge in [-0.25, -0.2) is 4.98 Å². The number of pyridine rings is 1. The van der Waals surface area contributed by atoms with Gasteiger partial charge in [0.25, 0.3) is 0 Å². The molecule has 2 heterocycles. The van der Waals surface area contributed by atoms with Crippen LogP contribution in [0.25, 0.3) is 16.6 Å². The quantitative estimate of drug-likeness (QED) is 0.412. The molecule has 0 aliphatic rings. The second-order valence-corrected chi connectivity index (χ2v) is 6.98. The van der Waals surface area contributed by atoms with Crippen LogP contribution in [0.2, 0.25) is 0 Å². The van der Waals surface area contributed by atoms with E-state index in [9.17, 15) is 13.2 Å². The molecule has 4 aromatic rings. The number of alkyl halides is 3. The first kappa shape index (κ1) is 18.3. The largest absolute Gasteiger partial charge is 0.416 e. The van der Waals surface area contributed by atoms with E-state index in [4.69, 9.17) is 4.98 Å². The minimum Gasteiger partial charge on any atom is -0.303 e. The van der Waals surface area contributed by atoms with Crippen LogP contribution in [0.1, 0.15) is 28.2 Å². The first-order chi connectivity index (χ1) is 13.3. The van der Waals surface area contributed by atoms with E-state index in [2.05, 4.69) is 4.40 Å². The highest BCUT2D eigenvalue weighted by Crippen LogP contribution is 2.33. The molecule has 0 fully saturated rings. The molecule has 5 heteroatoms. The van der Waals surface area contributed by atoms with E-state index < -0.39 is 11.7 Å². The van der Waals surface area contributed by atoms with Gasteiger partial charge in [-0.15, -0.1) is 0 Å². The number of fused-ring (bicyclic) bond motifs is 1. The Morgan fingerprint density at radius 1 is 0.929 bits per heavy atom. The van der Waals surface area contributed by atoms with Crippen molar-refractivity contribution in [3.8, 4) is 11.1 Å². The molecule has 0 aliphatic carbocycles. The van der Waals surface area contributed by atoms with Gasteiger partial charge in [0.2, 0.25) is 0 Å². The van der Waals surface area contributed by atoms with Crippen molar-refractivity contribution in [2.24, 2.45) is 0 Å².